The van der Waals surface area contributed by atoms with Crippen molar-refractivity contribution < 1.29 is 0 Å². The second-order valence-corrected chi connectivity index (χ2v) is 15.4. The summed E-state index contributed by atoms with van der Waals surface area (Å²) in [6.07, 6.45) is 0. The summed E-state index contributed by atoms with van der Waals surface area (Å²) in [6.45, 7) is 14.1. The van der Waals surface area contributed by atoms with Crippen molar-refractivity contribution in [1.29, 1.82) is 0 Å². The summed E-state index contributed by atoms with van der Waals surface area (Å²) in [5, 5.41) is 0. The number of anilines is 3. The average molecular weight is 608 g/mol. The normalized spacial score (nSPS) is 14.7. The maximum absolute atomic E-state index is 2.60. The molecule has 0 saturated carbocycles. The lowest BCUT2D eigenvalue weighted by molar-refractivity contribution is 0.587. The molecule has 6 aromatic carbocycles. The van der Waals surface area contributed by atoms with E-state index in [1.807, 2.05) is 0 Å². The molecular weight excluding hydrogens is 565 g/mol. The summed E-state index contributed by atoms with van der Waals surface area (Å²) in [6, 6.07) is 55.0. The van der Waals surface area contributed by atoms with Crippen LogP contribution in [-0.2, 0) is 16.2 Å². The van der Waals surface area contributed by atoms with Crippen LogP contribution in [0.2, 0.25) is 0 Å². The third-order valence-corrected chi connectivity index (χ3v) is 10.5. The molecule has 0 amide bonds. The molecule has 0 radical (unpaired) electrons. The topological polar surface area (TPSA) is 3.24 Å². The third-order valence-electron chi connectivity index (χ3n) is 10.5. The van der Waals surface area contributed by atoms with Crippen LogP contribution in [0.5, 0.6) is 0 Å². The molecule has 0 unspecified atom stereocenters. The minimum atomic E-state index is -0.509. The molecule has 6 aromatic rings. The number of nitrogens with zero attached hydrogens (tertiary/aromatic N) is 1. The number of benzene rings is 6. The molecule has 0 bridgehead atoms. The smallest absolute Gasteiger partial charge is 0.246 e. The molecular formula is C45H42BN. The Hall–Kier alpha value is -4.82. The van der Waals surface area contributed by atoms with Gasteiger partial charge in [0.2, 0.25) is 6.71 Å². The van der Waals surface area contributed by atoms with Crippen molar-refractivity contribution in [2.75, 3.05) is 4.90 Å². The van der Waals surface area contributed by atoms with E-state index in [1.54, 1.807) is 0 Å². The van der Waals surface area contributed by atoms with Crippen molar-refractivity contribution in [2.45, 2.75) is 57.8 Å². The zero-order valence-corrected chi connectivity index (χ0v) is 28.4. The zero-order valence-electron chi connectivity index (χ0n) is 28.4. The van der Waals surface area contributed by atoms with Crippen molar-refractivity contribution >= 4 is 40.2 Å². The maximum atomic E-state index is 2.60. The highest BCUT2D eigenvalue weighted by atomic mass is 15.2. The van der Waals surface area contributed by atoms with E-state index >= 15 is 0 Å². The molecule has 0 aromatic heterocycles. The van der Waals surface area contributed by atoms with Crippen molar-refractivity contribution in [1.82, 2.24) is 0 Å². The van der Waals surface area contributed by atoms with Gasteiger partial charge in [0.25, 0.3) is 0 Å². The molecule has 2 aliphatic rings. The van der Waals surface area contributed by atoms with Crippen LogP contribution in [0.1, 0.15) is 74.9 Å². The first-order valence-electron chi connectivity index (χ1n) is 17.0. The molecule has 0 saturated heterocycles. The first-order chi connectivity index (χ1) is 22.6. The number of para-hydroxylation sites is 1. The van der Waals surface area contributed by atoms with Gasteiger partial charge < -0.3 is 4.90 Å². The molecule has 2 aliphatic heterocycles. The van der Waals surface area contributed by atoms with Gasteiger partial charge in [0.05, 0.1) is 11.1 Å². The van der Waals surface area contributed by atoms with Crippen molar-refractivity contribution in [3.63, 3.8) is 0 Å². The zero-order chi connectivity index (χ0) is 32.6. The fraction of sp³-hybridized carbons (Fsp3) is 0.200. The second kappa shape index (κ2) is 10.6. The van der Waals surface area contributed by atoms with Gasteiger partial charge in [-0.25, -0.2) is 0 Å². The number of hydrogen-bond donors (Lipinski definition) is 0. The van der Waals surface area contributed by atoms with E-state index in [2.05, 4.69) is 192 Å². The van der Waals surface area contributed by atoms with Gasteiger partial charge in [0.1, 0.15) is 0 Å². The molecule has 8 rings (SSSR count). The van der Waals surface area contributed by atoms with Gasteiger partial charge in [-0.2, -0.15) is 0 Å². The molecule has 0 atom stereocenters. The number of fused-ring (bicyclic) bond motifs is 4. The van der Waals surface area contributed by atoms with E-state index in [1.165, 1.54) is 66.8 Å². The fourth-order valence-corrected chi connectivity index (χ4v) is 8.14. The Morgan fingerprint density at radius 3 is 1.60 bits per heavy atom. The van der Waals surface area contributed by atoms with Crippen LogP contribution in [0.3, 0.4) is 0 Å². The highest BCUT2D eigenvalue weighted by Crippen LogP contribution is 2.58. The standard InChI is InChI=1S/C45H42BN/c1-43(2,3)33-26-27-41-38(29-33)46(35-22-14-9-15-23-35)39-30-34(44(4,5)6)28-37-42(39)47(41)40-25-17-16-24-36(40)45(37,31-18-10-7-11-19-31)32-20-12-8-13-21-32/h7-30H,1-6H3. The van der Waals surface area contributed by atoms with Crippen LogP contribution >= 0.6 is 0 Å². The summed E-state index contributed by atoms with van der Waals surface area (Å²) in [5.41, 5.74) is 15.3. The summed E-state index contributed by atoms with van der Waals surface area (Å²) in [7, 11) is 0. The Labute approximate surface area is 281 Å². The Kier molecular flexibility index (Phi) is 6.68. The van der Waals surface area contributed by atoms with Crippen LogP contribution in [0.4, 0.5) is 17.1 Å². The van der Waals surface area contributed by atoms with Gasteiger partial charge in [0.15, 0.2) is 0 Å². The second-order valence-electron chi connectivity index (χ2n) is 15.4. The lowest BCUT2D eigenvalue weighted by Gasteiger charge is -2.50. The van der Waals surface area contributed by atoms with Gasteiger partial charge in [-0.3, -0.25) is 0 Å². The summed E-state index contributed by atoms with van der Waals surface area (Å²) in [5.74, 6) is 0. The van der Waals surface area contributed by atoms with Crippen LogP contribution < -0.4 is 21.3 Å². The number of rotatable bonds is 3. The van der Waals surface area contributed by atoms with Crippen molar-refractivity contribution in [3.05, 3.63) is 179 Å². The highest BCUT2D eigenvalue weighted by molar-refractivity contribution is 6.98. The maximum Gasteiger partial charge on any atom is 0.246 e. The monoisotopic (exact) mass is 607 g/mol. The molecule has 230 valence electrons. The molecule has 47 heavy (non-hydrogen) atoms. The number of hydrogen-bond acceptors (Lipinski definition) is 1. The van der Waals surface area contributed by atoms with E-state index in [4.69, 9.17) is 0 Å². The predicted molar refractivity (Wildman–Crippen MR) is 201 cm³/mol. The van der Waals surface area contributed by atoms with E-state index in [0.717, 1.165) is 0 Å². The molecule has 2 heteroatoms. The Morgan fingerprint density at radius 2 is 1.00 bits per heavy atom. The van der Waals surface area contributed by atoms with E-state index in [9.17, 15) is 0 Å². The van der Waals surface area contributed by atoms with Crippen LogP contribution in [0, 0.1) is 0 Å². The van der Waals surface area contributed by atoms with Crippen LogP contribution in [0.25, 0.3) is 0 Å². The molecule has 2 heterocycles. The molecule has 0 spiro atoms. The van der Waals surface area contributed by atoms with E-state index < -0.39 is 5.41 Å². The van der Waals surface area contributed by atoms with Crippen molar-refractivity contribution in [2.24, 2.45) is 0 Å². The summed E-state index contributed by atoms with van der Waals surface area (Å²) < 4.78 is 0. The molecule has 1 nitrogen and oxygen atoms in total. The largest absolute Gasteiger partial charge is 0.311 e. The lowest BCUT2D eigenvalue weighted by atomic mass is 9.34. The first-order valence-corrected chi connectivity index (χ1v) is 17.0. The van der Waals surface area contributed by atoms with Crippen LogP contribution in [-0.4, -0.2) is 6.71 Å². The minimum absolute atomic E-state index is 0.0323. The fourth-order valence-electron chi connectivity index (χ4n) is 8.14. The van der Waals surface area contributed by atoms with Crippen molar-refractivity contribution in [3.8, 4) is 0 Å². The van der Waals surface area contributed by atoms with Gasteiger partial charge in [-0.15, -0.1) is 0 Å². The quantitative estimate of drug-likeness (QED) is 0.181. The van der Waals surface area contributed by atoms with Gasteiger partial charge in [-0.1, -0.05) is 180 Å². The first kappa shape index (κ1) is 29.6. The summed E-state index contributed by atoms with van der Waals surface area (Å²) >= 11 is 0. The Bertz CT molecular complexity index is 2060. The molecule has 0 fully saturated rings. The van der Waals surface area contributed by atoms with Gasteiger partial charge in [-0.05, 0) is 67.3 Å². The van der Waals surface area contributed by atoms with E-state index in [-0.39, 0.29) is 17.5 Å². The molecule has 0 N–H and O–H groups in total. The third kappa shape index (κ3) is 4.45. The predicted octanol–water partition coefficient (Wildman–Crippen LogP) is 9.28. The minimum Gasteiger partial charge on any atom is -0.311 e. The SMILES string of the molecule is CC(C)(C)c1ccc2c(c1)B(c1ccccc1)c1cc(C(C)(C)C)cc3c1N2c1ccccc1C3(c1ccccc1)c1ccccc1. The van der Waals surface area contributed by atoms with Gasteiger partial charge in [0, 0.05) is 11.4 Å². The summed E-state index contributed by atoms with van der Waals surface area (Å²) in [4.78, 5) is 2.60. The lowest BCUT2D eigenvalue weighted by Crippen LogP contribution is -2.59. The van der Waals surface area contributed by atoms with Crippen LogP contribution in [0.15, 0.2) is 146 Å². The Morgan fingerprint density at radius 1 is 0.468 bits per heavy atom. The van der Waals surface area contributed by atoms with Gasteiger partial charge >= 0.3 is 0 Å². The highest BCUT2D eigenvalue weighted by Gasteiger charge is 2.50. The van der Waals surface area contributed by atoms with E-state index in [0.29, 0.717) is 0 Å². The Balaban J connectivity index is 1.59. The average Bonchev–Trinajstić information content (AvgIpc) is 3.08. The molecule has 0 aliphatic carbocycles.